The lowest BCUT2D eigenvalue weighted by molar-refractivity contribution is -0.142. The Morgan fingerprint density at radius 1 is 1.21 bits per heavy atom. The maximum absolute atomic E-state index is 13.3. The van der Waals surface area contributed by atoms with E-state index in [1.54, 1.807) is 17.0 Å². The molecule has 3 rings (SSSR count). The highest BCUT2D eigenvalue weighted by atomic mass is 19.1. The van der Waals surface area contributed by atoms with Gasteiger partial charge in [-0.1, -0.05) is 24.3 Å². The standard InChI is InChI=1S/C23H27FN2O3/c1-17-6-3-9-20(12-17)29-15-21(27)26-11-5-10-23(2,16-26)22(28)25-14-18-7-4-8-19(24)13-18/h3-4,6-9,12-13H,5,10-11,14-16H2,1-2H3,(H,25,28). The van der Waals surface area contributed by atoms with Gasteiger partial charge >= 0.3 is 0 Å². The molecule has 1 unspecified atom stereocenters. The van der Waals surface area contributed by atoms with Crippen LogP contribution in [0.4, 0.5) is 4.39 Å². The zero-order valence-corrected chi connectivity index (χ0v) is 16.9. The topological polar surface area (TPSA) is 58.6 Å². The molecule has 0 radical (unpaired) electrons. The van der Waals surface area contributed by atoms with Crippen molar-refractivity contribution in [1.82, 2.24) is 10.2 Å². The predicted molar refractivity (Wildman–Crippen MR) is 109 cm³/mol. The van der Waals surface area contributed by atoms with E-state index >= 15 is 0 Å². The van der Waals surface area contributed by atoms with E-state index in [1.165, 1.54) is 12.1 Å². The molecule has 0 spiro atoms. The number of aryl methyl sites for hydroxylation is 1. The molecule has 5 nitrogen and oxygen atoms in total. The number of halogens is 1. The van der Waals surface area contributed by atoms with E-state index < -0.39 is 5.41 Å². The summed E-state index contributed by atoms with van der Waals surface area (Å²) in [6, 6.07) is 13.7. The van der Waals surface area contributed by atoms with E-state index in [4.69, 9.17) is 4.74 Å². The first-order valence-corrected chi connectivity index (χ1v) is 9.86. The summed E-state index contributed by atoms with van der Waals surface area (Å²) in [5.41, 5.74) is 1.10. The molecule has 2 aromatic carbocycles. The van der Waals surface area contributed by atoms with E-state index in [0.29, 0.717) is 30.8 Å². The number of ether oxygens (including phenoxy) is 1. The highest BCUT2D eigenvalue weighted by Crippen LogP contribution is 2.30. The quantitative estimate of drug-likeness (QED) is 0.811. The number of rotatable bonds is 6. The van der Waals surface area contributed by atoms with Gasteiger partial charge in [-0.25, -0.2) is 4.39 Å². The smallest absolute Gasteiger partial charge is 0.260 e. The van der Waals surface area contributed by atoms with Crippen LogP contribution >= 0.6 is 0 Å². The molecule has 0 aliphatic carbocycles. The number of nitrogens with zero attached hydrogens (tertiary/aromatic N) is 1. The van der Waals surface area contributed by atoms with Gasteiger partial charge in [0.15, 0.2) is 6.61 Å². The monoisotopic (exact) mass is 398 g/mol. The maximum atomic E-state index is 13.3. The number of carbonyl (C=O) groups excluding carboxylic acids is 2. The Balaban J connectivity index is 1.54. The Kier molecular flexibility index (Phi) is 6.52. The minimum absolute atomic E-state index is 0.0511. The first-order valence-electron chi connectivity index (χ1n) is 9.86. The number of hydrogen-bond donors (Lipinski definition) is 1. The van der Waals surface area contributed by atoms with Gasteiger partial charge < -0.3 is 15.0 Å². The number of hydrogen-bond acceptors (Lipinski definition) is 3. The average Bonchev–Trinajstić information content (AvgIpc) is 2.70. The van der Waals surface area contributed by atoms with Crippen LogP contribution in [0.15, 0.2) is 48.5 Å². The van der Waals surface area contributed by atoms with Gasteiger partial charge in [-0.15, -0.1) is 0 Å². The highest BCUT2D eigenvalue weighted by molar-refractivity contribution is 5.84. The molecule has 1 N–H and O–H groups in total. The second-order valence-corrected chi connectivity index (χ2v) is 7.90. The van der Waals surface area contributed by atoms with E-state index in [0.717, 1.165) is 12.0 Å². The van der Waals surface area contributed by atoms with Crippen molar-refractivity contribution in [2.45, 2.75) is 33.2 Å². The van der Waals surface area contributed by atoms with Gasteiger partial charge in [0.25, 0.3) is 5.91 Å². The Morgan fingerprint density at radius 3 is 2.76 bits per heavy atom. The zero-order chi connectivity index (χ0) is 20.9. The number of amides is 2. The van der Waals surface area contributed by atoms with Crippen LogP contribution in [0.1, 0.15) is 30.9 Å². The van der Waals surface area contributed by atoms with Crippen molar-refractivity contribution >= 4 is 11.8 Å². The van der Waals surface area contributed by atoms with Crippen LogP contribution in [-0.4, -0.2) is 36.4 Å². The number of benzene rings is 2. The second kappa shape index (κ2) is 9.07. The molecule has 1 fully saturated rings. The fraction of sp³-hybridized carbons (Fsp3) is 0.391. The number of piperidine rings is 1. The summed E-state index contributed by atoms with van der Waals surface area (Å²) in [6.07, 6.45) is 1.45. The largest absolute Gasteiger partial charge is 0.484 e. The van der Waals surface area contributed by atoms with Crippen LogP contribution in [0.25, 0.3) is 0 Å². The SMILES string of the molecule is Cc1cccc(OCC(=O)N2CCCC(C)(C(=O)NCc3cccc(F)c3)C2)c1. The Hall–Kier alpha value is -2.89. The molecule has 29 heavy (non-hydrogen) atoms. The maximum Gasteiger partial charge on any atom is 0.260 e. The van der Waals surface area contributed by atoms with E-state index in [-0.39, 0.29) is 30.8 Å². The van der Waals surface area contributed by atoms with E-state index in [2.05, 4.69) is 5.32 Å². The van der Waals surface area contributed by atoms with Crippen LogP contribution in [0.5, 0.6) is 5.75 Å². The molecule has 154 valence electrons. The molecule has 2 aromatic rings. The normalized spacial score (nSPS) is 18.9. The molecule has 0 aromatic heterocycles. The molecule has 1 atom stereocenters. The van der Waals surface area contributed by atoms with Crippen molar-refractivity contribution in [2.75, 3.05) is 19.7 Å². The molecule has 1 saturated heterocycles. The third kappa shape index (κ3) is 5.56. The van der Waals surface area contributed by atoms with Crippen LogP contribution < -0.4 is 10.1 Å². The summed E-state index contributed by atoms with van der Waals surface area (Å²) in [5.74, 6) is 0.0752. The van der Waals surface area contributed by atoms with Gasteiger partial charge in [-0.05, 0) is 62.1 Å². The lowest BCUT2D eigenvalue weighted by Gasteiger charge is -2.39. The van der Waals surface area contributed by atoms with Crippen molar-refractivity contribution in [3.8, 4) is 5.75 Å². The predicted octanol–water partition coefficient (Wildman–Crippen LogP) is 3.46. The lowest BCUT2D eigenvalue weighted by atomic mass is 9.81. The average molecular weight is 398 g/mol. The summed E-state index contributed by atoms with van der Waals surface area (Å²) >= 11 is 0. The summed E-state index contributed by atoms with van der Waals surface area (Å²) in [7, 11) is 0. The van der Waals surface area contributed by atoms with Crippen LogP contribution in [-0.2, 0) is 16.1 Å². The highest BCUT2D eigenvalue weighted by Gasteiger charge is 2.39. The van der Waals surface area contributed by atoms with Gasteiger partial charge in [0.05, 0.1) is 5.41 Å². The van der Waals surface area contributed by atoms with E-state index in [9.17, 15) is 14.0 Å². The fourth-order valence-corrected chi connectivity index (χ4v) is 3.62. The molecular weight excluding hydrogens is 371 g/mol. The number of nitrogens with one attached hydrogen (secondary N) is 1. The minimum Gasteiger partial charge on any atom is -0.484 e. The summed E-state index contributed by atoms with van der Waals surface area (Å²) in [5, 5.41) is 2.89. The number of carbonyl (C=O) groups is 2. The summed E-state index contributed by atoms with van der Waals surface area (Å²) < 4.78 is 18.9. The van der Waals surface area contributed by atoms with Crippen molar-refractivity contribution < 1.29 is 18.7 Å². The van der Waals surface area contributed by atoms with Gasteiger partial charge in [-0.3, -0.25) is 9.59 Å². The Morgan fingerprint density at radius 2 is 2.00 bits per heavy atom. The van der Waals surface area contributed by atoms with Gasteiger partial charge in [0.2, 0.25) is 5.91 Å². The first kappa shape index (κ1) is 20.8. The third-order valence-electron chi connectivity index (χ3n) is 5.29. The number of likely N-dealkylation sites (tertiary alicyclic amines) is 1. The van der Waals surface area contributed by atoms with Crippen LogP contribution in [0.3, 0.4) is 0 Å². The Labute approximate surface area is 170 Å². The molecule has 1 aliphatic heterocycles. The lowest BCUT2D eigenvalue weighted by Crippen LogP contribution is -2.52. The molecule has 0 saturated carbocycles. The summed E-state index contributed by atoms with van der Waals surface area (Å²) in [4.78, 5) is 27.1. The first-order chi connectivity index (χ1) is 13.9. The second-order valence-electron chi connectivity index (χ2n) is 7.90. The van der Waals surface area contributed by atoms with Crippen LogP contribution in [0.2, 0.25) is 0 Å². The molecule has 0 bridgehead atoms. The third-order valence-corrected chi connectivity index (χ3v) is 5.29. The van der Waals surface area contributed by atoms with Crippen molar-refractivity contribution in [3.05, 3.63) is 65.5 Å². The molecule has 1 heterocycles. The minimum atomic E-state index is -0.676. The van der Waals surface area contributed by atoms with Crippen molar-refractivity contribution in [3.63, 3.8) is 0 Å². The molecule has 2 amide bonds. The summed E-state index contributed by atoms with van der Waals surface area (Å²) in [6.45, 7) is 5.00. The van der Waals surface area contributed by atoms with Crippen molar-refractivity contribution in [2.24, 2.45) is 5.41 Å². The zero-order valence-electron chi connectivity index (χ0n) is 16.9. The van der Waals surface area contributed by atoms with Crippen molar-refractivity contribution in [1.29, 1.82) is 0 Å². The molecule has 6 heteroatoms. The Bertz CT molecular complexity index is 886. The van der Waals surface area contributed by atoms with Crippen LogP contribution in [0, 0.1) is 18.2 Å². The molecular formula is C23H27FN2O3. The fourth-order valence-electron chi connectivity index (χ4n) is 3.62. The van der Waals surface area contributed by atoms with Gasteiger partial charge in [0.1, 0.15) is 11.6 Å². The van der Waals surface area contributed by atoms with E-state index in [1.807, 2.05) is 38.1 Å². The molecule has 1 aliphatic rings. The van der Waals surface area contributed by atoms with Gasteiger partial charge in [-0.2, -0.15) is 0 Å². The van der Waals surface area contributed by atoms with Gasteiger partial charge in [0, 0.05) is 19.6 Å².